The number of rotatable bonds is 8. The number of hydrogen-bond acceptors (Lipinski definition) is 4. The van der Waals surface area contributed by atoms with E-state index in [9.17, 15) is 9.59 Å². The third-order valence-electron chi connectivity index (χ3n) is 4.16. The third kappa shape index (κ3) is 5.53. The maximum absolute atomic E-state index is 12.2. The van der Waals surface area contributed by atoms with Crippen LogP contribution in [0.3, 0.4) is 0 Å². The Hall–Kier alpha value is -1.95. The average molecular weight is 362 g/mol. The highest BCUT2D eigenvalue weighted by Gasteiger charge is 2.14. The maximum atomic E-state index is 12.2. The first kappa shape index (κ1) is 19.4. The third-order valence-corrected chi connectivity index (χ3v) is 5.12. The standard InChI is InChI=1S/C19H27N3O2S/c1-12(11-22-14(3)8-13(2)21-22)10-20-19(24)7-6-18(23)17-9-15(4)25-16(17)5/h8-9,12H,6-7,10-11H2,1-5H3,(H,20,24). The Labute approximate surface area is 153 Å². The summed E-state index contributed by atoms with van der Waals surface area (Å²) in [7, 11) is 0. The van der Waals surface area contributed by atoms with Gasteiger partial charge in [-0.05, 0) is 45.7 Å². The summed E-state index contributed by atoms with van der Waals surface area (Å²) < 4.78 is 1.97. The first-order chi connectivity index (χ1) is 11.8. The summed E-state index contributed by atoms with van der Waals surface area (Å²) in [5.74, 6) is 0.255. The molecule has 2 heterocycles. The van der Waals surface area contributed by atoms with E-state index in [2.05, 4.69) is 17.3 Å². The number of amides is 1. The Kier molecular flexibility index (Phi) is 6.53. The number of carbonyl (C=O) groups excluding carboxylic acids is 2. The molecule has 5 nitrogen and oxygen atoms in total. The lowest BCUT2D eigenvalue weighted by Crippen LogP contribution is -2.30. The van der Waals surface area contributed by atoms with Crippen LogP contribution in [-0.4, -0.2) is 28.0 Å². The van der Waals surface area contributed by atoms with E-state index in [1.54, 1.807) is 11.3 Å². The molecule has 0 bridgehead atoms. The van der Waals surface area contributed by atoms with E-state index in [1.165, 1.54) is 0 Å². The van der Waals surface area contributed by atoms with Crippen molar-refractivity contribution in [2.75, 3.05) is 6.54 Å². The Morgan fingerprint density at radius 2 is 1.92 bits per heavy atom. The molecule has 0 fully saturated rings. The van der Waals surface area contributed by atoms with Gasteiger partial charge in [0.1, 0.15) is 0 Å². The van der Waals surface area contributed by atoms with Gasteiger partial charge in [-0.15, -0.1) is 11.3 Å². The molecule has 0 spiro atoms. The number of nitrogens with one attached hydrogen (secondary N) is 1. The molecule has 0 aromatic carbocycles. The van der Waals surface area contributed by atoms with Crippen LogP contribution >= 0.6 is 11.3 Å². The predicted octanol–water partition coefficient (Wildman–Crippen LogP) is 3.59. The molecule has 0 aliphatic carbocycles. The first-order valence-corrected chi connectivity index (χ1v) is 9.46. The van der Waals surface area contributed by atoms with Crippen molar-refractivity contribution in [3.05, 3.63) is 38.8 Å². The summed E-state index contributed by atoms with van der Waals surface area (Å²) in [5, 5.41) is 7.37. The van der Waals surface area contributed by atoms with E-state index in [1.807, 2.05) is 44.5 Å². The molecule has 2 aromatic heterocycles. The van der Waals surface area contributed by atoms with Gasteiger partial charge in [0.25, 0.3) is 0 Å². The molecule has 0 aliphatic rings. The summed E-state index contributed by atoms with van der Waals surface area (Å²) in [5.41, 5.74) is 2.89. The van der Waals surface area contributed by atoms with Crippen molar-refractivity contribution in [1.82, 2.24) is 15.1 Å². The van der Waals surface area contributed by atoms with E-state index in [4.69, 9.17) is 0 Å². The van der Waals surface area contributed by atoms with Crippen LogP contribution in [0.5, 0.6) is 0 Å². The zero-order valence-electron chi connectivity index (χ0n) is 15.7. The fraction of sp³-hybridized carbons (Fsp3) is 0.526. The van der Waals surface area contributed by atoms with E-state index in [0.717, 1.165) is 33.3 Å². The molecule has 0 saturated heterocycles. The molecule has 2 aromatic rings. The number of Topliss-reactive ketones (excluding diaryl/α,β-unsaturated/α-hetero) is 1. The van der Waals surface area contributed by atoms with Crippen LogP contribution in [0.2, 0.25) is 0 Å². The largest absolute Gasteiger partial charge is 0.356 e. The van der Waals surface area contributed by atoms with Crippen molar-refractivity contribution in [2.24, 2.45) is 5.92 Å². The van der Waals surface area contributed by atoms with Crippen LogP contribution in [0.25, 0.3) is 0 Å². The second kappa shape index (κ2) is 8.43. The van der Waals surface area contributed by atoms with E-state index in [0.29, 0.717) is 6.54 Å². The molecule has 1 amide bonds. The van der Waals surface area contributed by atoms with Gasteiger partial charge in [-0.2, -0.15) is 5.10 Å². The van der Waals surface area contributed by atoms with Crippen LogP contribution < -0.4 is 5.32 Å². The number of carbonyl (C=O) groups is 2. The summed E-state index contributed by atoms with van der Waals surface area (Å²) in [6, 6.07) is 3.96. The molecule has 6 heteroatoms. The molecule has 1 N–H and O–H groups in total. The molecule has 2 rings (SSSR count). The quantitative estimate of drug-likeness (QED) is 0.731. The molecule has 0 saturated carbocycles. The van der Waals surface area contributed by atoms with Crippen molar-refractivity contribution in [3.63, 3.8) is 0 Å². The predicted molar refractivity (Wildman–Crippen MR) is 101 cm³/mol. The van der Waals surface area contributed by atoms with Gasteiger partial charge in [-0.25, -0.2) is 0 Å². The van der Waals surface area contributed by atoms with Crippen LogP contribution in [0.1, 0.15) is 51.3 Å². The van der Waals surface area contributed by atoms with Gasteiger partial charge in [-0.1, -0.05) is 6.92 Å². The minimum Gasteiger partial charge on any atom is -0.356 e. The van der Waals surface area contributed by atoms with Gasteiger partial charge in [0.2, 0.25) is 5.91 Å². The summed E-state index contributed by atoms with van der Waals surface area (Å²) in [6.45, 7) is 11.4. The lowest BCUT2D eigenvalue weighted by atomic mass is 10.1. The number of aromatic nitrogens is 2. The van der Waals surface area contributed by atoms with Crippen molar-refractivity contribution < 1.29 is 9.59 Å². The number of ketones is 1. The van der Waals surface area contributed by atoms with Gasteiger partial charge in [-0.3, -0.25) is 14.3 Å². The van der Waals surface area contributed by atoms with Crippen molar-refractivity contribution in [2.45, 2.75) is 54.0 Å². The van der Waals surface area contributed by atoms with Gasteiger partial charge < -0.3 is 5.32 Å². The van der Waals surface area contributed by atoms with Gasteiger partial charge >= 0.3 is 0 Å². The summed E-state index contributed by atoms with van der Waals surface area (Å²) in [6.07, 6.45) is 0.495. The van der Waals surface area contributed by atoms with Crippen LogP contribution in [0.4, 0.5) is 0 Å². The first-order valence-electron chi connectivity index (χ1n) is 8.64. The Bertz CT molecular complexity index is 761. The lowest BCUT2D eigenvalue weighted by Gasteiger charge is -2.14. The van der Waals surface area contributed by atoms with Crippen LogP contribution in [0.15, 0.2) is 12.1 Å². The average Bonchev–Trinajstić information content (AvgIpc) is 3.03. The normalized spacial score (nSPS) is 12.2. The zero-order valence-corrected chi connectivity index (χ0v) is 16.5. The van der Waals surface area contributed by atoms with Gasteiger partial charge in [0, 0.05) is 46.9 Å². The SMILES string of the molecule is Cc1cc(C)n(CC(C)CNC(=O)CCC(=O)c2cc(C)sc2C)n1. The number of thiophene rings is 1. The molecule has 136 valence electrons. The molecule has 0 aliphatic heterocycles. The monoisotopic (exact) mass is 361 g/mol. The van der Waals surface area contributed by atoms with Crippen molar-refractivity contribution >= 4 is 23.0 Å². The molecule has 25 heavy (non-hydrogen) atoms. The molecule has 1 unspecified atom stereocenters. The lowest BCUT2D eigenvalue weighted by molar-refractivity contribution is -0.121. The number of nitrogens with zero attached hydrogens (tertiary/aromatic N) is 2. The smallest absolute Gasteiger partial charge is 0.220 e. The zero-order chi connectivity index (χ0) is 18.6. The van der Waals surface area contributed by atoms with Gasteiger partial charge in [0.15, 0.2) is 5.78 Å². The Balaban J connectivity index is 1.74. The highest BCUT2D eigenvalue weighted by atomic mass is 32.1. The number of aryl methyl sites for hydroxylation is 4. The summed E-state index contributed by atoms with van der Waals surface area (Å²) in [4.78, 5) is 26.4. The topological polar surface area (TPSA) is 64.0 Å². The second-order valence-electron chi connectivity index (χ2n) is 6.77. The van der Waals surface area contributed by atoms with Crippen LogP contribution in [0, 0.1) is 33.6 Å². The second-order valence-corrected chi connectivity index (χ2v) is 8.23. The molecule has 0 radical (unpaired) electrons. The van der Waals surface area contributed by atoms with E-state index < -0.39 is 0 Å². The maximum Gasteiger partial charge on any atom is 0.220 e. The van der Waals surface area contributed by atoms with Gasteiger partial charge in [0.05, 0.1) is 5.69 Å². The summed E-state index contributed by atoms with van der Waals surface area (Å²) >= 11 is 1.62. The fourth-order valence-electron chi connectivity index (χ4n) is 2.87. The van der Waals surface area contributed by atoms with Crippen molar-refractivity contribution in [3.8, 4) is 0 Å². The molecule has 1 atom stereocenters. The minimum absolute atomic E-state index is 0.0488. The highest BCUT2D eigenvalue weighted by Crippen LogP contribution is 2.22. The molecular weight excluding hydrogens is 334 g/mol. The van der Waals surface area contributed by atoms with E-state index >= 15 is 0 Å². The fourth-order valence-corrected chi connectivity index (χ4v) is 3.81. The Morgan fingerprint density at radius 1 is 1.20 bits per heavy atom. The van der Waals surface area contributed by atoms with Crippen LogP contribution in [-0.2, 0) is 11.3 Å². The highest BCUT2D eigenvalue weighted by molar-refractivity contribution is 7.12. The Morgan fingerprint density at radius 3 is 2.48 bits per heavy atom. The van der Waals surface area contributed by atoms with E-state index in [-0.39, 0.29) is 30.4 Å². The molecular formula is C19H27N3O2S. The number of hydrogen-bond donors (Lipinski definition) is 1. The minimum atomic E-state index is -0.0711. The van der Waals surface area contributed by atoms with Crippen molar-refractivity contribution in [1.29, 1.82) is 0 Å².